The van der Waals surface area contributed by atoms with Crippen LogP contribution in [0.1, 0.15) is 23.2 Å². The third-order valence-electron chi connectivity index (χ3n) is 3.34. The number of nitrogens with zero attached hydrogens (tertiary/aromatic N) is 2. The highest BCUT2D eigenvalue weighted by Gasteiger charge is 2.42. The number of hydrogen-bond acceptors (Lipinski definition) is 4. The van der Waals surface area contributed by atoms with Crippen molar-refractivity contribution in [3.05, 3.63) is 17.8 Å². The SMILES string of the molecule is NC(=O)c1cc(N)cnc1N1CCCC(C(F)(F)F)C1. The normalized spacial score (nSPS) is 19.9. The Balaban J connectivity index is 2.29. The molecule has 0 aromatic carbocycles. The molecule has 0 radical (unpaired) electrons. The molecule has 5 nitrogen and oxygen atoms in total. The quantitative estimate of drug-likeness (QED) is 0.864. The van der Waals surface area contributed by atoms with Crippen molar-refractivity contribution in [2.75, 3.05) is 23.7 Å². The molecule has 1 aliphatic heterocycles. The molecule has 2 rings (SSSR count). The third-order valence-corrected chi connectivity index (χ3v) is 3.34. The van der Waals surface area contributed by atoms with Crippen molar-refractivity contribution in [3.8, 4) is 0 Å². The maximum absolute atomic E-state index is 12.8. The van der Waals surface area contributed by atoms with Crippen LogP contribution in [0.2, 0.25) is 0 Å². The number of alkyl halides is 3. The fraction of sp³-hybridized carbons (Fsp3) is 0.500. The number of primary amides is 1. The highest BCUT2D eigenvalue weighted by molar-refractivity contribution is 5.98. The summed E-state index contributed by atoms with van der Waals surface area (Å²) in [5.41, 5.74) is 11.0. The van der Waals surface area contributed by atoms with E-state index in [-0.39, 0.29) is 30.0 Å². The van der Waals surface area contributed by atoms with Crippen molar-refractivity contribution in [3.63, 3.8) is 0 Å². The van der Waals surface area contributed by atoms with E-state index in [2.05, 4.69) is 4.98 Å². The minimum Gasteiger partial charge on any atom is -0.397 e. The zero-order valence-electron chi connectivity index (χ0n) is 10.7. The molecular weight excluding hydrogens is 273 g/mol. The maximum Gasteiger partial charge on any atom is 0.393 e. The summed E-state index contributed by atoms with van der Waals surface area (Å²) >= 11 is 0. The van der Waals surface area contributed by atoms with E-state index in [1.165, 1.54) is 17.2 Å². The van der Waals surface area contributed by atoms with Crippen LogP contribution in [0, 0.1) is 5.92 Å². The topological polar surface area (TPSA) is 85.2 Å². The number of amides is 1. The van der Waals surface area contributed by atoms with Gasteiger partial charge in [0.25, 0.3) is 5.91 Å². The third kappa shape index (κ3) is 2.94. The molecule has 8 heteroatoms. The Bertz CT molecular complexity index is 518. The van der Waals surface area contributed by atoms with Crippen LogP contribution in [-0.4, -0.2) is 30.2 Å². The van der Waals surface area contributed by atoms with Gasteiger partial charge in [-0.05, 0) is 18.9 Å². The first-order valence-electron chi connectivity index (χ1n) is 6.16. The summed E-state index contributed by atoms with van der Waals surface area (Å²) in [5, 5.41) is 0. The van der Waals surface area contributed by atoms with Crippen molar-refractivity contribution in [1.82, 2.24) is 4.98 Å². The van der Waals surface area contributed by atoms with E-state index in [1.54, 1.807) is 0 Å². The van der Waals surface area contributed by atoms with Crippen LogP contribution >= 0.6 is 0 Å². The van der Waals surface area contributed by atoms with Crippen LogP contribution in [0.3, 0.4) is 0 Å². The van der Waals surface area contributed by atoms with Crippen molar-refractivity contribution < 1.29 is 18.0 Å². The van der Waals surface area contributed by atoms with Crippen LogP contribution < -0.4 is 16.4 Å². The number of anilines is 2. The summed E-state index contributed by atoms with van der Waals surface area (Å²) in [4.78, 5) is 16.8. The van der Waals surface area contributed by atoms with Crippen molar-refractivity contribution in [1.29, 1.82) is 0 Å². The highest BCUT2D eigenvalue weighted by Crippen LogP contribution is 2.35. The molecule has 1 aromatic heterocycles. The Hall–Kier alpha value is -1.99. The first-order chi connectivity index (χ1) is 9.29. The number of hydrogen-bond donors (Lipinski definition) is 2. The highest BCUT2D eigenvalue weighted by atomic mass is 19.4. The first kappa shape index (κ1) is 14.4. The Morgan fingerprint density at radius 1 is 1.45 bits per heavy atom. The molecule has 1 unspecified atom stereocenters. The van der Waals surface area contributed by atoms with Gasteiger partial charge in [0, 0.05) is 13.1 Å². The molecule has 20 heavy (non-hydrogen) atoms. The number of nitrogens with two attached hydrogens (primary N) is 2. The van der Waals surface area contributed by atoms with Crippen LogP contribution in [0.25, 0.3) is 0 Å². The first-order valence-corrected chi connectivity index (χ1v) is 6.16. The monoisotopic (exact) mass is 288 g/mol. The van der Waals surface area contributed by atoms with Crippen LogP contribution in [-0.2, 0) is 0 Å². The minimum absolute atomic E-state index is 0.0489. The van der Waals surface area contributed by atoms with Crippen molar-refractivity contribution in [2.45, 2.75) is 19.0 Å². The zero-order chi connectivity index (χ0) is 14.9. The fourth-order valence-electron chi connectivity index (χ4n) is 2.34. The molecule has 1 amide bonds. The van der Waals surface area contributed by atoms with E-state index in [0.717, 1.165) is 0 Å². The molecule has 0 saturated carbocycles. The average Bonchev–Trinajstić information content (AvgIpc) is 2.37. The zero-order valence-corrected chi connectivity index (χ0v) is 10.7. The van der Waals surface area contributed by atoms with E-state index in [4.69, 9.17) is 11.5 Å². The molecule has 4 N–H and O–H groups in total. The van der Waals surface area contributed by atoms with Crippen molar-refractivity contribution in [2.24, 2.45) is 11.7 Å². The molecule has 1 aromatic rings. The second-order valence-electron chi connectivity index (χ2n) is 4.83. The minimum atomic E-state index is -4.25. The molecule has 0 aliphatic carbocycles. The molecule has 1 aliphatic rings. The van der Waals surface area contributed by atoms with Gasteiger partial charge in [0.2, 0.25) is 0 Å². The van der Waals surface area contributed by atoms with Gasteiger partial charge in [-0.25, -0.2) is 4.98 Å². The van der Waals surface area contributed by atoms with Gasteiger partial charge in [-0.3, -0.25) is 4.79 Å². The lowest BCUT2D eigenvalue weighted by molar-refractivity contribution is -0.176. The van der Waals surface area contributed by atoms with E-state index in [0.29, 0.717) is 13.0 Å². The van der Waals surface area contributed by atoms with Gasteiger partial charge in [-0.2, -0.15) is 13.2 Å². The second kappa shape index (κ2) is 5.18. The molecule has 0 spiro atoms. The summed E-state index contributed by atoms with van der Waals surface area (Å²) in [7, 11) is 0. The van der Waals surface area contributed by atoms with Gasteiger partial charge in [0.1, 0.15) is 5.82 Å². The average molecular weight is 288 g/mol. The van der Waals surface area contributed by atoms with Gasteiger partial charge in [0.05, 0.1) is 23.4 Å². The lowest BCUT2D eigenvalue weighted by Crippen LogP contribution is -2.42. The standard InChI is InChI=1S/C12H15F3N4O/c13-12(14,15)7-2-1-3-19(6-7)11-9(10(17)20)4-8(16)5-18-11/h4-5,7H,1-3,6,16H2,(H2,17,20). The van der Waals surface area contributed by atoms with Crippen molar-refractivity contribution >= 4 is 17.4 Å². The Morgan fingerprint density at radius 3 is 2.75 bits per heavy atom. The summed E-state index contributed by atoms with van der Waals surface area (Å²) in [6.07, 6.45) is -2.48. The Kier molecular flexibility index (Phi) is 3.74. The van der Waals surface area contributed by atoms with E-state index in [1.807, 2.05) is 0 Å². The number of carbonyl (C=O) groups is 1. The molecule has 1 saturated heterocycles. The molecule has 0 bridgehead atoms. The van der Waals surface area contributed by atoms with Gasteiger partial charge in [-0.1, -0.05) is 0 Å². The molecular formula is C12H15F3N4O. The predicted molar refractivity (Wildman–Crippen MR) is 68.2 cm³/mol. The van der Waals surface area contributed by atoms with E-state index < -0.39 is 18.0 Å². The number of aromatic nitrogens is 1. The molecule has 1 fully saturated rings. The van der Waals surface area contributed by atoms with Gasteiger partial charge in [0.15, 0.2) is 0 Å². The number of nitrogen functional groups attached to an aromatic ring is 1. The van der Waals surface area contributed by atoms with E-state index >= 15 is 0 Å². The lowest BCUT2D eigenvalue weighted by atomic mass is 9.97. The Labute approximate surface area is 113 Å². The summed E-state index contributed by atoms with van der Waals surface area (Å²) in [6, 6.07) is 1.34. The Morgan fingerprint density at radius 2 is 2.15 bits per heavy atom. The van der Waals surface area contributed by atoms with Crippen LogP contribution in [0.4, 0.5) is 24.7 Å². The van der Waals surface area contributed by atoms with Gasteiger partial charge < -0.3 is 16.4 Å². The second-order valence-corrected chi connectivity index (χ2v) is 4.83. The molecule has 110 valence electrons. The fourth-order valence-corrected chi connectivity index (χ4v) is 2.34. The van der Waals surface area contributed by atoms with Gasteiger partial charge in [-0.15, -0.1) is 0 Å². The number of carbonyl (C=O) groups excluding carboxylic acids is 1. The summed E-state index contributed by atoms with van der Waals surface area (Å²) < 4.78 is 38.4. The maximum atomic E-state index is 12.8. The number of piperidine rings is 1. The summed E-state index contributed by atoms with van der Waals surface area (Å²) in [5.74, 6) is -2.01. The van der Waals surface area contributed by atoms with E-state index in [9.17, 15) is 18.0 Å². The number of rotatable bonds is 2. The smallest absolute Gasteiger partial charge is 0.393 e. The number of pyridine rings is 1. The molecule has 1 atom stereocenters. The van der Waals surface area contributed by atoms with Crippen LogP contribution in [0.5, 0.6) is 0 Å². The largest absolute Gasteiger partial charge is 0.397 e. The van der Waals surface area contributed by atoms with Gasteiger partial charge >= 0.3 is 6.18 Å². The summed E-state index contributed by atoms with van der Waals surface area (Å²) in [6.45, 7) is 0.185. The lowest BCUT2D eigenvalue weighted by Gasteiger charge is -2.35. The predicted octanol–water partition coefficient (Wildman–Crippen LogP) is 1.54. The van der Waals surface area contributed by atoms with Crippen LogP contribution in [0.15, 0.2) is 12.3 Å². The molecule has 2 heterocycles. The number of halogens is 3.